The van der Waals surface area contributed by atoms with E-state index in [4.69, 9.17) is 0 Å². The van der Waals surface area contributed by atoms with Gasteiger partial charge in [0, 0.05) is 11.6 Å². The Morgan fingerprint density at radius 3 is 2.22 bits per heavy atom. The molecule has 0 radical (unpaired) electrons. The first-order chi connectivity index (χ1) is 8.35. The molecule has 0 aromatic heterocycles. The van der Waals surface area contributed by atoms with Crippen LogP contribution >= 0.6 is 0 Å². The maximum absolute atomic E-state index is 12.2. The molecule has 18 heavy (non-hydrogen) atoms. The van der Waals surface area contributed by atoms with Gasteiger partial charge in [-0.1, -0.05) is 12.8 Å². The molecule has 4 heteroatoms. The molecule has 0 spiro atoms. The predicted molar refractivity (Wildman–Crippen MR) is 70.2 cm³/mol. The summed E-state index contributed by atoms with van der Waals surface area (Å²) in [6.07, 6.45) is 5.21. The van der Waals surface area contributed by atoms with E-state index < -0.39 is 5.91 Å². The standard InChI is InChI=1S/C14H24N2O2/c1-14(2,3)16-11(8-9-4-5-9)12(17)13(18)15-10-6-7-10/h9-11,16H,4-8H2,1-3H3,(H,15,18). The van der Waals surface area contributed by atoms with Gasteiger partial charge in [-0.15, -0.1) is 0 Å². The minimum atomic E-state index is -0.403. The van der Waals surface area contributed by atoms with Crippen molar-refractivity contribution in [3.8, 4) is 0 Å². The second kappa shape index (κ2) is 5.00. The molecular weight excluding hydrogens is 228 g/mol. The molecule has 0 aromatic rings. The summed E-state index contributed by atoms with van der Waals surface area (Å²) in [4.78, 5) is 24.0. The fraction of sp³-hybridized carbons (Fsp3) is 0.857. The highest BCUT2D eigenvalue weighted by Gasteiger charge is 2.35. The lowest BCUT2D eigenvalue weighted by Crippen LogP contribution is -2.52. The van der Waals surface area contributed by atoms with Gasteiger partial charge in [0.05, 0.1) is 6.04 Å². The zero-order valence-electron chi connectivity index (χ0n) is 11.6. The molecule has 0 heterocycles. The first-order valence-corrected chi connectivity index (χ1v) is 6.97. The smallest absolute Gasteiger partial charge is 0.289 e. The number of ketones is 1. The molecule has 2 fully saturated rings. The van der Waals surface area contributed by atoms with Crippen LogP contribution in [0.1, 0.15) is 52.9 Å². The topological polar surface area (TPSA) is 58.2 Å². The average molecular weight is 252 g/mol. The Morgan fingerprint density at radius 1 is 1.17 bits per heavy atom. The van der Waals surface area contributed by atoms with Crippen LogP contribution in [-0.2, 0) is 9.59 Å². The molecule has 0 saturated heterocycles. The Labute approximate surface area is 109 Å². The zero-order chi connectivity index (χ0) is 13.3. The van der Waals surface area contributed by atoms with Gasteiger partial charge in [0.2, 0.25) is 5.78 Å². The third kappa shape index (κ3) is 4.41. The molecule has 0 aromatic carbocycles. The third-order valence-electron chi connectivity index (χ3n) is 3.33. The summed E-state index contributed by atoms with van der Waals surface area (Å²) in [5, 5.41) is 6.08. The molecular formula is C14H24N2O2. The van der Waals surface area contributed by atoms with E-state index in [1.54, 1.807) is 0 Å². The second-order valence-corrected chi connectivity index (χ2v) is 6.74. The van der Waals surface area contributed by atoms with E-state index in [9.17, 15) is 9.59 Å². The average Bonchev–Trinajstić information content (AvgIpc) is 3.07. The second-order valence-electron chi connectivity index (χ2n) is 6.74. The molecule has 1 unspecified atom stereocenters. The van der Waals surface area contributed by atoms with Crippen molar-refractivity contribution in [2.75, 3.05) is 0 Å². The van der Waals surface area contributed by atoms with Gasteiger partial charge in [0.25, 0.3) is 5.91 Å². The van der Waals surface area contributed by atoms with E-state index in [0.29, 0.717) is 5.92 Å². The highest BCUT2D eigenvalue weighted by atomic mass is 16.2. The first kappa shape index (κ1) is 13.5. The van der Waals surface area contributed by atoms with Crippen LogP contribution in [0.3, 0.4) is 0 Å². The SMILES string of the molecule is CC(C)(C)NC(CC1CC1)C(=O)C(=O)NC1CC1. The predicted octanol–water partition coefficient (Wildman–Crippen LogP) is 1.39. The summed E-state index contributed by atoms with van der Waals surface area (Å²) in [7, 11) is 0. The van der Waals surface area contributed by atoms with Crippen molar-refractivity contribution in [2.24, 2.45) is 5.92 Å². The number of rotatable bonds is 6. The van der Waals surface area contributed by atoms with Gasteiger partial charge >= 0.3 is 0 Å². The quantitative estimate of drug-likeness (QED) is 0.702. The number of Topliss-reactive ketones (excluding diaryl/α,β-unsaturated/α-hetero) is 1. The van der Waals surface area contributed by atoms with Gasteiger partial charge in [-0.2, -0.15) is 0 Å². The van der Waals surface area contributed by atoms with E-state index in [-0.39, 0.29) is 23.4 Å². The Kier molecular flexibility index (Phi) is 3.76. The van der Waals surface area contributed by atoms with Crippen molar-refractivity contribution in [2.45, 2.75) is 70.5 Å². The van der Waals surface area contributed by atoms with Gasteiger partial charge in [-0.3, -0.25) is 9.59 Å². The zero-order valence-corrected chi connectivity index (χ0v) is 11.6. The molecule has 102 valence electrons. The number of hydrogen-bond donors (Lipinski definition) is 2. The largest absolute Gasteiger partial charge is 0.347 e. The van der Waals surface area contributed by atoms with Crippen LogP contribution in [0.5, 0.6) is 0 Å². The molecule has 0 bridgehead atoms. The molecule has 1 amide bonds. The molecule has 1 atom stereocenters. The van der Waals surface area contributed by atoms with Crippen molar-refractivity contribution < 1.29 is 9.59 Å². The van der Waals surface area contributed by atoms with Crippen LogP contribution in [0, 0.1) is 5.92 Å². The van der Waals surface area contributed by atoms with Crippen LogP contribution in [0.25, 0.3) is 0 Å². The monoisotopic (exact) mass is 252 g/mol. The van der Waals surface area contributed by atoms with Gasteiger partial charge < -0.3 is 10.6 Å². The molecule has 2 aliphatic carbocycles. The Bertz CT molecular complexity index is 338. The van der Waals surface area contributed by atoms with Crippen molar-refractivity contribution >= 4 is 11.7 Å². The molecule has 4 nitrogen and oxygen atoms in total. The molecule has 0 aliphatic heterocycles. The summed E-state index contributed by atoms with van der Waals surface area (Å²) in [6, 6.07) is -0.0751. The van der Waals surface area contributed by atoms with Gasteiger partial charge in [-0.25, -0.2) is 0 Å². The van der Waals surface area contributed by atoms with Crippen molar-refractivity contribution in [3.63, 3.8) is 0 Å². The van der Waals surface area contributed by atoms with E-state index in [1.807, 2.05) is 20.8 Å². The normalized spacial score (nSPS) is 21.5. The lowest BCUT2D eigenvalue weighted by atomic mass is 10.00. The number of amides is 1. The van der Waals surface area contributed by atoms with Crippen LogP contribution in [-0.4, -0.2) is 29.3 Å². The summed E-state index contributed by atoms with van der Waals surface area (Å²) < 4.78 is 0. The van der Waals surface area contributed by atoms with E-state index >= 15 is 0 Å². The van der Waals surface area contributed by atoms with Crippen LogP contribution < -0.4 is 10.6 Å². The molecule has 2 N–H and O–H groups in total. The van der Waals surface area contributed by atoms with Gasteiger partial charge in [0.1, 0.15) is 0 Å². The first-order valence-electron chi connectivity index (χ1n) is 6.97. The van der Waals surface area contributed by atoms with E-state index in [1.165, 1.54) is 12.8 Å². The fourth-order valence-corrected chi connectivity index (χ4v) is 2.08. The summed E-state index contributed by atoms with van der Waals surface area (Å²) in [6.45, 7) is 6.08. The lowest BCUT2D eigenvalue weighted by molar-refractivity contribution is -0.139. The van der Waals surface area contributed by atoms with Gasteiger partial charge in [0.15, 0.2) is 0 Å². The number of carbonyl (C=O) groups is 2. The maximum atomic E-state index is 12.2. The number of hydrogen-bond acceptors (Lipinski definition) is 3. The minimum absolute atomic E-state index is 0.144. The summed E-state index contributed by atoms with van der Waals surface area (Å²) in [5.41, 5.74) is -0.144. The Balaban J connectivity index is 1.92. The fourth-order valence-electron chi connectivity index (χ4n) is 2.08. The van der Waals surface area contributed by atoms with Crippen LogP contribution in [0.4, 0.5) is 0 Å². The maximum Gasteiger partial charge on any atom is 0.289 e. The van der Waals surface area contributed by atoms with Crippen LogP contribution in [0.15, 0.2) is 0 Å². The summed E-state index contributed by atoms with van der Waals surface area (Å²) >= 11 is 0. The number of nitrogens with one attached hydrogen (secondary N) is 2. The van der Waals surface area contributed by atoms with E-state index in [0.717, 1.165) is 19.3 Å². The van der Waals surface area contributed by atoms with Crippen molar-refractivity contribution in [1.82, 2.24) is 10.6 Å². The molecule has 2 aliphatic rings. The Morgan fingerprint density at radius 2 is 1.78 bits per heavy atom. The summed E-state index contributed by atoms with van der Waals surface area (Å²) in [5.74, 6) is -0.0637. The molecule has 2 rings (SSSR count). The van der Waals surface area contributed by atoms with Crippen molar-refractivity contribution in [1.29, 1.82) is 0 Å². The van der Waals surface area contributed by atoms with Crippen LogP contribution in [0.2, 0.25) is 0 Å². The lowest BCUT2D eigenvalue weighted by Gasteiger charge is -2.27. The molecule has 2 saturated carbocycles. The van der Waals surface area contributed by atoms with Gasteiger partial charge in [-0.05, 0) is 46.0 Å². The highest BCUT2D eigenvalue weighted by molar-refractivity contribution is 6.38. The third-order valence-corrected chi connectivity index (χ3v) is 3.33. The Hall–Kier alpha value is -0.900. The number of carbonyl (C=O) groups excluding carboxylic acids is 2. The van der Waals surface area contributed by atoms with E-state index in [2.05, 4.69) is 10.6 Å². The van der Waals surface area contributed by atoms with Crippen molar-refractivity contribution in [3.05, 3.63) is 0 Å². The highest BCUT2D eigenvalue weighted by Crippen LogP contribution is 2.34. The minimum Gasteiger partial charge on any atom is -0.347 e.